The molecule has 1 N–H and O–H groups in total. The van der Waals surface area contributed by atoms with Crippen molar-refractivity contribution in [1.29, 1.82) is 0 Å². The van der Waals surface area contributed by atoms with Gasteiger partial charge in [0.1, 0.15) is 11.6 Å². The molecule has 0 radical (unpaired) electrons. The molecule has 2 rings (SSSR count). The SMILES string of the molecule is CCc1nc(N2CC(C)C(C(=O)OC)C2)cc(=O)[nH]1. The molecule has 0 aromatic carbocycles. The molecule has 0 aliphatic carbocycles. The first-order valence-electron chi connectivity index (χ1n) is 6.48. The monoisotopic (exact) mass is 265 g/mol. The fraction of sp³-hybridized carbons (Fsp3) is 0.615. The molecular formula is C13H19N3O3. The van der Waals surface area contributed by atoms with Crippen LogP contribution in [-0.2, 0) is 16.0 Å². The summed E-state index contributed by atoms with van der Waals surface area (Å²) in [6, 6.07) is 1.48. The lowest BCUT2D eigenvalue weighted by molar-refractivity contribution is -0.145. The molecule has 1 saturated heterocycles. The summed E-state index contributed by atoms with van der Waals surface area (Å²) in [4.78, 5) is 32.3. The van der Waals surface area contributed by atoms with Gasteiger partial charge in [0.15, 0.2) is 0 Å². The van der Waals surface area contributed by atoms with Crippen LogP contribution in [-0.4, -0.2) is 36.1 Å². The molecule has 2 unspecified atom stereocenters. The first-order valence-corrected chi connectivity index (χ1v) is 6.48. The van der Waals surface area contributed by atoms with Crippen LogP contribution in [0.2, 0.25) is 0 Å². The molecule has 0 saturated carbocycles. The topological polar surface area (TPSA) is 75.3 Å². The van der Waals surface area contributed by atoms with Crippen LogP contribution in [0.25, 0.3) is 0 Å². The maximum Gasteiger partial charge on any atom is 0.310 e. The second-order valence-corrected chi connectivity index (χ2v) is 4.92. The lowest BCUT2D eigenvalue weighted by Gasteiger charge is -2.17. The number of anilines is 1. The van der Waals surface area contributed by atoms with Gasteiger partial charge >= 0.3 is 5.97 Å². The van der Waals surface area contributed by atoms with Gasteiger partial charge < -0.3 is 14.6 Å². The molecule has 0 bridgehead atoms. The summed E-state index contributed by atoms with van der Waals surface area (Å²) in [6.45, 7) is 5.20. The number of ether oxygens (including phenoxy) is 1. The highest BCUT2D eigenvalue weighted by Gasteiger charge is 2.36. The molecule has 6 nitrogen and oxygen atoms in total. The number of nitrogens with zero attached hydrogens (tertiary/aromatic N) is 2. The number of aromatic amines is 1. The van der Waals surface area contributed by atoms with E-state index in [4.69, 9.17) is 4.74 Å². The Morgan fingerprint density at radius 3 is 2.95 bits per heavy atom. The molecule has 0 spiro atoms. The normalized spacial score (nSPS) is 22.6. The average Bonchev–Trinajstić information content (AvgIpc) is 2.79. The highest BCUT2D eigenvalue weighted by atomic mass is 16.5. The van der Waals surface area contributed by atoms with E-state index in [1.54, 1.807) is 0 Å². The van der Waals surface area contributed by atoms with Crippen molar-refractivity contribution in [3.63, 3.8) is 0 Å². The fourth-order valence-corrected chi connectivity index (χ4v) is 2.44. The van der Waals surface area contributed by atoms with E-state index in [2.05, 4.69) is 9.97 Å². The van der Waals surface area contributed by atoms with Crippen molar-refractivity contribution < 1.29 is 9.53 Å². The summed E-state index contributed by atoms with van der Waals surface area (Å²) in [6.07, 6.45) is 0.674. The molecule has 1 aromatic rings. The van der Waals surface area contributed by atoms with Crippen molar-refractivity contribution in [2.45, 2.75) is 20.3 Å². The Kier molecular flexibility index (Phi) is 3.87. The van der Waals surface area contributed by atoms with Gasteiger partial charge in [-0.15, -0.1) is 0 Å². The zero-order valence-electron chi connectivity index (χ0n) is 11.5. The number of carbonyl (C=O) groups is 1. The Morgan fingerprint density at radius 2 is 2.32 bits per heavy atom. The Balaban J connectivity index is 2.22. The van der Waals surface area contributed by atoms with Crippen LogP contribution >= 0.6 is 0 Å². The Bertz CT molecular complexity index is 526. The molecular weight excluding hydrogens is 246 g/mol. The quantitative estimate of drug-likeness (QED) is 0.809. The molecule has 19 heavy (non-hydrogen) atoms. The van der Waals surface area contributed by atoms with E-state index in [9.17, 15) is 9.59 Å². The average molecular weight is 265 g/mol. The molecule has 1 aromatic heterocycles. The van der Waals surface area contributed by atoms with Crippen molar-refractivity contribution in [2.24, 2.45) is 11.8 Å². The van der Waals surface area contributed by atoms with Crippen LogP contribution in [0.15, 0.2) is 10.9 Å². The van der Waals surface area contributed by atoms with E-state index in [1.165, 1.54) is 13.2 Å². The minimum absolute atomic E-state index is 0.156. The zero-order chi connectivity index (χ0) is 14.0. The minimum Gasteiger partial charge on any atom is -0.469 e. The predicted molar refractivity (Wildman–Crippen MR) is 71.1 cm³/mol. The minimum atomic E-state index is -0.199. The maximum absolute atomic E-state index is 11.7. The number of hydrogen-bond acceptors (Lipinski definition) is 5. The van der Waals surface area contributed by atoms with Crippen LogP contribution in [0.1, 0.15) is 19.7 Å². The Labute approximate surface area is 111 Å². The largest absolute Gasteiger partial charge is 0.469 e. The van der Waals surface area contributed by atoms with Gasteiger partial charge in [-0.3, -0.25) is 9.59 Å². The fourth-order valence-electron chi connectivity index (χ4n) is 2.44. The van der Waals surface area contributed by atoms with Gasteiger partial charge in [0.05, 0.1) is 13.0 Å². The first kappa shape index (κ1) is 13.6. The highest BCUT2D eigenvalue weighted by Crippen LogP contribution is 2.27. The molecule has 1 fully saturated rings. The maximum atomic E-state index is 11.7. The van der Waals surface area contributed by atoms with Crippen LogP contribution in [0.3, 0.4) is 0 Å². The van der Waals surface area contributed by atoms with E-state index in [1.807, 2.05) is 18.7 Å². The Hall–Kier alpha value is -1.85. The summed E-state index contributed by atoms with van der Waals surface area (Å²) in [7, 11) is 1.40. The van der Waals surface area contributed by atoms with Crippen LogP contribution < -0.4 is 10.5 Å². The Morgan fingerprint density at radius 1 is 1.58 bits per heavy atom. The van der Waals surface area contributed by atoms with Gasteiger partial charge in [-0.1, -0.05) is 13.8 Å². The number of nitrogens with one attached hydrogen (secondary N) is 1. The van der Waals surface area contributed by atoms with E-state index in [-0.39, 0.29) is 23.4 Å². The van der Waals surface area contributed by atoms with Crippen molar-refractivity contribution in [3.05, 3.63) is 22.2 Å². The number of carbonyl (C=O) groups excluding carboxylic acids is 1. The third-order valence-corrected chi connectivity index (χ3v) is 3.55. The molecule has 1 aliphatic rings. The van der Waals surface area contributed by atoms with Gasteiger partial charge in [0.25, 0.3) is 5.56 Å². The summed E-state index contributed by atoms with van der Waals surface area (Å²) in [5.41, 5.74) is -0.156. The third kappa shape index (κ3) is 2.77. The molecule has 104 valence electrons. The number of esters is 1. The highest BCUT2D eigenvalue weighted by molar-refractivity contribution is 5.74. The second kappa shape index (κ2) is 5.42. The van der Waals surface area contributed by atoms with Crippen molar-refractivity contribution in [1.82, 2.24) is 9.97 Å². The van der Waals surface area contributed by atoms with E-state index in [0.717, 1.165) is 0 Å². The van der Waals surface area contributed by atoms with Gasteiger partial charge in [-0.2, -0.15) is 0 Å². The number of hydrogen-bond donors (Lipinski definition) is 1. The lowest BCUT2D eigenvalue weighted by atomic mass is 9.99. The number of aryl methyl sites for hydroxylation is 1. The van der Waals surface area contributed by atoms with Crippen molar-refractivity contribution in [3.8, 4) is 0 Å². The number of methoxy groups -OCH3 is 1. The number of aromatic nitrogens is 2. The molecule has 2 heterocycles. The standard InChI is InChI=1S/C13H19N3O3/c1-4-10-14-11(5-12(17)15-10)16-6-8(2)9(7-16)13(18)19-3/h5,8-9H,4,6-7H2,1-3H3,(H,14,15,17). The summed E-state index contributed by atoms with van der Waals surface area (Å²) in [5.74, 6) is 1.14. The second-order valence-electron chi connectivity index (χ2n) is 4.92. The third-order valence-electron chi connectivity index (χ3n) is 3.55. The van der Waals surface area contributed by atoms with Crippen molar-refractivity contribution in [2.75, 3.05) is 25.1 Å². The predicted octanol–water partition coefficient (Wildman–Crippen LogP) is 0.578. The zero-order valence-corrected chi connectivity index (χ0v) is 11.5. The van der Waals surface area contributed by atoms with Gasteiger partial charge in [-0.25, -0.2) is 4.98 Å². The first-order chi connectivity index (χ1) is 9.05. The smallest absolute Gasteiger partial charge is 0.310 e. The molecule has 1 aliphatic heterocycles. The van der Waals surface area contributed by atoms with Gasteiger partial charge in [-0.05, 0) is 5.92 Å². The van der Waals surface area contributed by atoms with Gasteiger partial charge in [0, 0.05) is 25.6 Å². The van der Waals surface area contributed by atoms with Crippen LogP contribution in [0.4, 0.5) is 5.82 Å². The van der Waals surface area contributed by atoms with Crippen LogP contribution in [0, 0.1) is 11.8 Å². The number of H-pyrrole nitrogens is 1. The molecule has 0 amide bonds. The van der Waals surface area contributed by atoms with E-state index in [0.29, 0.717) is 31.2 Å². The summed E-state index contributed by atoms with van der Waals surface area (Å²) < 4.78 is 4.80. The lowest BCUT2D eigenvalue weighted by Crippen LogP contribution is -2.26. The molecule has 2 atom stereocenters. The summed E-state index contributed by atoms with van der Waals surface area (Å²) >= 11 is 0. The van der Waals surface area contributed by atoms with Crippen molar-refractivity contribution >= 4 is 11.8 Å². The van der Waals surface area contributed by atoms with Gasteiger partial charge in [0.2, 0.25) is 0 Å². The van der Waals surface area contributed by atoms with E-state index >= 15 is 0 Å². The number of rotatable bonds is 3. The van der Waals surface area contributed by atoms with Crippen LogP contribution in [0.5, 0.6) is 0 Å². The molecule has 6 heteroatoms. The van der Waals surface area contributed by atoms with E-state index < -0.39 is 0 Å². The summed E-state index contributed by atoms with van der Waals surface area (Å²) in [5, 5.41) is 0.